The number of nitrogens with one attached hydrogen (secondary N) is 1. The number of ether oxygens (including phenoxy) is 1. The highest BCUT2D eigenvalue weighted by molar-refractivity contribution is 5.74. The van der Waals surface area contributed by atoms with E-state index in [9.17, 15) is 4.79 Å². The third-order valence-corrected chi connectivity index (χ3v) is 3.23. The lowest BCUT2D eigenvalue weighted by Crippen LogP contribution is -2.46. The van der Waals surface area contributed by atoms with Crippen LogP contribution in [0.5, 0.6) is 0 Å². The Bertz CT molecular complexity index is 240. The molecule has 0 spiro atoms. The number of hydrogen-bond acceptors (Lipinski definition) is 3. The van der Waals surface area contributed by atoms with Crippen LogP contribution in [0, 0.1) is 5.92 Å². The van der Waals surface area contributed by atoms with Gasteiger partial charge in [0.2, 0.25) is 0 Å². The molecule has 0 aromatic carbocycles. The van der Waals surface area contributed by atoms with Gasteiger partial charge >= 0.3 is 5.97 Å². The van der Waals surface area contributed by atoms with E-state index in [0.29, 0.717) is 5.92 Å². The molecule has 2 aliphatic rings. The van der Waals surface area contributed by atoms with E-state index in [2.05, 4.69) is 5.32 Å². The zero-order valence-corrected chi connectivity index (χ0v) is 9.11. The van der Waals surface area contributed by atoms with E-state index in [-0.39, 0.29) is 12.2 Å². The average Bonchev–Trinajstić information content (AvgIpc) is 2.89. The van der Waals surface area contributed by atoms with Crippen molar-refractivity contribution in [1.29, 1.82) is 0 Å². The molecule has 3 unspecified atom stereocenters. The lowest BCUT2D eigenvalue weighted by molar-refractivity contribution is -0.143. The van der Waals surface area contributed by atoms with Crippen LogP contribution in [0.4, 0.5) is 0 Å². The molecule has 1 heterocycles. The Morgan fingerprint density at radius 1 is 1.47 bits per heavy atom. The first kappa shape index (κ1) is 10.9. The van der Waals surface area contributed by atoms with Gasteiger partial charge in [0.25, 0.3) is 0 Å². The van der Waals surface area contributed by atoms with Crippen molar-refractivity contribution in [2.24, 2.45) is 5.92 Å². The molecule has 15 heavy (non-hydrogen) atoms. The molecule has 4 nitrogen and oxygen atoms in total. The molecular weight excluding hydrogens is 194 g/mol. The minimum absolute atomic E-state index is 0.142. The Balaban J connectivity index is 1.83. The lowest BCUT2D eigenvalue weighted by Gasteiger charge is -2.20. The van der Waals surface area contributed by atoms with Crippen molar-refractivity contribution in [3.8, 4) is 0 Å². The summed E-state index contributed by atoms with van der Waals surface area (Å²) in [5.74, 6) is -0.0829. The number of carbonyl (C=O) groups is 1. The summed E-state index contributed by atoms with van der Waals surface area (Å²) in [7, 11) is 0. The Morgan fingerprint density at radius 2 is 2.20 bits per heavy atom. The number of aliphatic carboxylic acids is 1. The SMILES string of the molecule is CC1CCC(C(NCC2CC2)C(=O)O)O1. The molecule has 1 aliphatic carbocycles. The van der Waals surface area contributed by atoms with Crippen LogP contribution in [0.25, 0.3) is 0 Å². The topological polar surface area (TPSA) is 58.6 Å². The summed E-state index contributed by atoms with van der Waals surface area (Å²) in [6, 6.07) is -0.518. The number of carboxylic acids is 1. The Morgan fingerprint density at radius 3 is 2.67 bits per heavy atom. The van der Waals surface area contributed by atoms with Gasteiger partial charge < -0.3 is 15.2 Å². The molecule has 1 saturated carbocycles. The van der Waals surface area contributed by atoms with Gasteiger partial charge in [-0.2, -0.15) is 0 Å². The highest BCUT2D eigenvalue weighted by Gasteiger charge is 2.35. The third-order valence-electron chi connectivity index (χ3n) is 3.23. The number of carboxylic acid groups (broad SMARTS) is 1. The van der Waals surface area contributed by atoms with E-state index in [1.54, 1.807) is 0 Å². The number of rotatable bonds is 5. The molecule has 1 saturated heterocycles. The van der Waals surface area contributed by atoms with Crippen LogP contribution < -0.4 is 5.32 Å². The molecule has 0 radical (unpaired) electrons. The van der Waals surface area contributed by atoms with Crippen LogP contribution >= 0.6 is 0 Å². The molecule has 86 valence electrons. The normalized spacial score (nSPS) is 32.9. The fourth-order valence-corrected chi connectivity index (χ4v) is 2.07. The Hall–Kier alpha value is -0.610. The molecule has 0 bridgehead atoms. The first-order valence-electron chi connectivity index (χ1n) is 5.78. The predicted octanol–water partition coefficient (Wildman–Crippen LogP) is 1.01. The minimum atomic E-state index is -0.783. The van der Waals surface area contributed by atoms with Gasteiger partial charge in [0.1, 0.15) is 6.04 Å². The van der Waals surface area contributed by atoms with Gasteiger partial charge in [0, 0.05) is 0 Å². The van der Waals surface area contributed by atoms with Gasteiger partial charge in [-0.3, -0.25) is 4.79 Å². The molecule has 2 fully saturated rings. The fraction of sp³-hybridized carbons (Fsp3) is 0.909. The molecule has 0 aromatic heterocycles. The maximum atomic E-state index is 11.1. The quantitative estimate of drug-likeness (QED) is 0.715. The van der Waals surface area contributed by atoms with Crippen molar-refractivity contribution in [3.63, 3.8) is 0 Å². The van der Waals surface area contributed by atoms with Crippen LogP contribution in [0.3, 0.4) is 0 Å². The summed E-state index contributed by atoms with van der Waals surface area (Å²) < 4.78 is 5.59. The van der Waals surface area contributed by atoms with Gasteiger partial charge in [-0.05, 0) is 45.1 Å². The van der Waals surface area contributed by atoms with E-state index in [0.717, 1.165) is 19.4 Å². The third kappa shape index (κ3) is 2.92. The van der Waals surface area contributed by atoms with Crippen LogP contribution in [-0.2, 0) is 9.53 Å². The van der Waals surface area contributed by atoms with Crippen molar-refractivity contribution in [3.05, 3.63) is 0 Å². The van der Waals surface area contributed by atoms with Gasteiger partial charge in [-0.15, -0.1) is 0 Å². The van der Waals surface area contributed by atoms with Crippen LogP contribution in [-0.4, -0.2) is 35.9 Å². The number of hydrogen-bond donors (Lipinski definition) is 2. The molecule has 3 atom stereocenters. The highest BCUT2D eigenvalue weighted by atomic mass is 16.5. The van der Waals surface area contributed by atoms with Crippen LogP contribution in [0.1, 0.15) is 32.6 Å². The second-order valence-corrected chi connectivity index (χ2v) is 4.73. The van der Waals surface area contributed by atoms with Crippen LogP contribution in [0.2, 0.25) is 0 Å². The van der Waals surface area contributed by atoms with Gasteiger partial charge in [0.05, 0.1) is 12.2 Å². The Kier molecular flexibility index (Phi) is 3.26. The predicted molar refractivity (Wildman–Crippen MR) is 55.7 cm³/mol. The maximum Gasteiger partial charge on any atom is 0.323 e. The zero-order valence-electron chi connectivity index (χ0n) is 9.11. The smallest absolute Gasteiger partial charge is 0.323 e. The summed E-state index contributed by atoms with van der Waals surface area (Å²) >= 11 is 0. The van der Waals surface area contributed by atoms with E-state index in [1.165, 1.54) is 12.8 Å². The standard InChI is InChI=1S/C11H19NO3/c1-7-2-5-9(15-7)10(11(13)14)12-6-8-3-4-8/h7-10,12H,2-6H2,1H3,(H,13,14). The summed E-state index contributed by atoms with van der Waals surface area (Å²) in [6.07, 6.45) is 4.37. The molecule has 4 heteroatoms. The summed E-state index contributed by atoms with van der Waals surface area (Å²) in [5.41, 5.74) is 0. The zero-order chi connectivity index (χ0) is 10.8. The molecule has 2 rings (SSSR count). The first-order chi connectivity index (χ1) is 7.16. The monoisotopic (exact) mass is 213 g/mol. The fourth-order valence-electron chi connectivity index (χ4n) is 2.07. The molecular formula is C11H19NO3. The summed E-state index contributed by atoms with van der Waals surface area (Å²) in [6.45, 7) is 2.82. The summed E-state index contributed by atoms with van der Waals surface area (Å²) in [5, 5.41) is 12.2. The van der Waals surface area contributed by atoms with Crippen molar-refractivity contribution in [2.45, 2.75) is 50.9 Å². The second kappa shape index (κ2) is 4.49. The largest absolute Gasteiger partial charge is 0.480 e. The van der Waals surface area contributed by atoms with Gasteiger partial charge in [-0.1, -0.05) is 0 Å². The van der Waals surface area contributed by atoms with E-state index in [4.69, 9.17) is 9.84 Å². The van der Waals surface area contributed by atoms with Crippen molar-refractivity contribution < 1.29 is 14.6 Å². The van der Waals surface area contributed by atoms with Gasteiger partial charge in [-0.25, -0.2) is 0 Å². The van der Waals surface area contributed by atoms with E-state index in [1.807, 2.05) is 6.92 Å². The average molecular weight is 213 g/mol. The molecule has 0 aromatic rings. The first-order valence-corrected chi connectivity index (χ1v) is 5.78. The van der Waals surface area contributed by atoms with Crippen molar-refractivity contribution in [2.75, 3.05) is 6.54 Å². The van der Waals surface area contributed by atoms with E-state index < -0.39 is 12.0 Å². The summed E-state index contributed by atoms with van der Waals surface area (Å²) in [4.78, 5) is 11.1. The lowest BCUT2D eigenvalue weighted by atomic mass is 10.1. The highest BCUT2D eigenvalue weighted by Crippen LogP contribution is 2.28. The molecule has 2 N–H and O–H groups in total. The van der Waals surface area contributed by atoms with Crippen LogP contribution in [0.15, 0.2) is 0 Å². The maximum absolute atomic E-state index is 11.1. The van der Waals surface area contributed by atoms with Crippen molar-refractivity contribution >= 4 is 5.97 Å². The second-order valence-electron chi connectivity index (χ2n) is 4.73. The minimum Gasteiger partial charge on any atom is -0.480 e. The van der Waals surface area contributed by atoms with E-state index >= 15 is 0 Å². The van der Waals surface area contributed by atoms with Crippen molar-refractivity contribution in [1.82, 2.24) is 5.32 Å². The Labute approximate surface area is 90.0 Å². The van der Waals surface area contributed by atoms with Gasteiger partial charge in [0.15, 0.2) is 0 Å². The molecule has 1 aliphatic heterocycles. The molecule has 0 amide bonds.